The lowest BCUT2D eigenvalue weighted by molar-refractivity contribution is 0.123. The maximum absolute atomic E-state index is 10.4. The van der Waals surface area contributed by atoms with Crippen LogP contribution in [0.4, 0.5) is 0 Å². The maximum atomic E-state index is 10.4. The van der Waals surface area contributed by atoms with Crippen molar-refractivity contribution in [2.75, 3.05) is 0 Å². The highest BCUT2D eigenvalue weighted by molar-refractivity contribution is 5.36. The molecule has 0 aromatic carbocycles. The van der Waals surface area contributed by atoms with Crippen LogP contribution in [0, 0.1) is 17.8 Å². The normalized spacial score (nSPS) is 24.5. The second-order valence-corrected chi connectivity index (χ2v) is 5.20. The van der Waals surface area contributed by atoms with Crippen molar-refractivity contribution in [2.45, 2.75) is 59.0 Å². The summed E-state index contributed by atoms with van der Waals surface area (Å²) < 4.78 is 0. The van der Waals surface area contributed by atoms with Crippen LogP contribution in [0.2, 0.25) is 0 Å². The molecule has 0 saturated carbocycles. The van der Waals surface area contributed by atoms with Crippen LogP contribution >= 0.6 is 0 Å². The highest BCUT2D eigenvalue weighted by Crippen LogP contribution is 2.43. The molecule has 0 aromatic heterocycles. The van der Waals surface area contributed by atoms with E-state index in [1.165, 1.54) is 12.0 Å². The Morgan fingerprint density at radius 3 is 2.60 bits per heavy atom. The van der Waals surface area contributed by atoms with Gasteiger partial charge >= 0.3 is 0 Å². The predicted molar refractivity (Wildman–Crippen MR) is 64.4 cm³/mol. The van der Waals surface area contributed by atoms with Gasteiger partial charge in [-0.05, 0) is 43.6 Å². The zero-order chi connectivity index (χ0) is 11.7. The van der Waals surface area contributed by atoms with Crippen LogP contribution in [0.5, 0.6) is 0 Å². The zero-order valence-corrected chi connectivity index (χ0v) is 10.4. The Labute approximate surface area is 93.6 Å². The highest BCUT2D eigenvalue weighted by Gasteiger charge is 2.35. The van der Waals surface area contributed by atoms with Gasteiger partial charge in [0.15, 0.2) is 0 Å². The average Bonchev–Trinajstić information content (AvgIpc) is 2.21. The van der Waals surface area contributed by atoms with E-state index in [1.54, 1.807) is 0 Å². The van der Waals surface area contributed by atoms with Crippen LogP contribution in [-0.2, 0) is 0 Å². The quantitative estimate of drug-likeness (QED) is 0.543. The molecule has 1 heteroatoms. The van der Waals surface area contributed by atoms with Gasteiger partial charge in [0.2, 0.25) is 0 Å². The monoisotopic (exact) mass is 206 g/mol. The Morgan fingerprint density at radius 1 is 1.53 bits per heavy atom. The van der Waals surface area contributed by atoms with Gasteiger partial charge in [0.1, 0.15) is 5.60 Å². The summed E-state index contributed by atoms with van der Waals surface area (Å²) in [5.41, 5.74) is 1.55. The van der Waals surface area contributed by atoms with Crippen molar-refractivity contribution in [1.82, 2.24) is 0 Å². The van der Waals surface area contributed by atoms with Crippen molar-refractivity contribution in [2.24, 2.45) is 5.41 Å². The van der Waals surface area contributed by atoms with Gasteiger partial charge in [-0.25, -0.2) is 0 Å². The summed E-state index contributed by atoms with van der Waals surface area (Å²) in [7, 11) is 0. The minimum atomic E-state index is -1.01. The minimum Gasteiger partial charge on any atom is -0.374 e. The second-order valence-electron chi connectivity index (χ2n) is 5.20. The summed E-state index contributed by atoms with van der Waals surface area (Å²) in [5.74, 6) is 2.56. The largest absolute Gasteiger partial charge is 0.374 e. The van der Waals surface area contributed by atoms with Crippen molar-refractivity contribution in [3.05, 3.63) is 11.1 Å². The fourth-order valence-corrected chi connectivity index (χ4v) is 2.41. The Bertz CT molecular complexity index is 317. The third-order valence-electron chi connectivity index (χ3n) is 3.95. The first-order valence-corrected chi connectivity index (χ1v) is 5.78. The van der Waals surface area contributed by atoms with Gasteiger partial charge in [0.25, 0.3) is 0 Å². The van der Waals surface area contributed by atoms with Crippen molar-refractivity contribution < 1.29 is 5.11 Å². The first kappa shape index (κ1) is 12.3. The van der Waals surface area contributed by atoms with Crippen LogP contribution in [0.25, 0.3) is 0 Å². The molecule has 1 unspecified atom stereocenters. The van der Waals surface area contributed by atoms with Crippen molar-refractivity contribution in [3.8, 4) is 12.3 Å². The summed E-state index contributed by atoms with van der Waals surface area (Å²) in [6.45, 7) is 8.52. The molecule has 1 atom stereocenters. The maximum Gasteiger partial charge on any atom is 0.146 e. The summed E-state index contributed by atoms with van der Waals surface area (Å²) in [6, 6.07) is 0. The first-order chi connectivity index (χ1) is 6.87. The lowest BCUT2D eigenvalue weighted by Crippen LogP contribution is -2.34. The molecule has 1 nitrogen and oxygen atoms in total. The number of aliphatic hydroxyl groups is 1. The lowest BCUT2D eigenvalue weighted by Gasteiger charge is -2.38. The molecular formula is C14H22O. The lowest BCUT2D eigenvalue weighted by atomic mass is 9.69. The van der Waals surface area contributed by atoms with Crippen LogP contribution in [0.3, 0.4) is 0 Å². The molecule has 0 spiro atoms. The Hall–Kier alpha value is -0.740. The van der Waals surface area contributed by atoms with Gasteiger partial charge < -0.3 is 5.11 Å². The average molecular weight is 206 g/mol. The molecule has 1 aliphatic rings. The van der Waals surface area contributed by atoms with E-state index in [4.69, 9.17) is 6.42 Å². The zero-order valence-electron chi connectivity index (χ0n) is 10.4. The Balaban J connectivity index is 3.20. The van der Waals surface area contributed by atoms with Crippen molar-refractivity contribution >= 4 is 0 Å². The van der Waals surface area contributed by atoms with E-state index in [9.17, 15) is 5.11 Å². The smallest absolute Gasteiger partial charge is 0.146 e. The third-order valence-corrected chi connectivity index (χ3v) is 3.95. The fourth-order valence-electron chi connectivity index (χ4n) is 2.41. The molecule has 15 heavy (non-hydrogen) atoms. The minimum absolute atomic E-state index is 0.188. The van der Waals surface area contributed by atoms with E-state index in [-0.39, 0.29) is 5.41 Å². The van der Waals surface area contributed by atoms with E-state index in [1.807, 2.05) is 6.92 Å². The molecule has 0 saturated heterocycles. The van der Waals surface area contributed by atoms with Gasteiger partial charge in [0.05, 0.1) is 0 Å². The standard InChI is InChI=1S/C14H22O/c1-6-14(15,7-2)12-9-8-10-13(4,5)11(12)3/h1,15H,7-10H2,2-5H3. The van der Waals surface area contributed by atoms with Crippen LogP contribution in [0.1, 0.15) is 53.4 Å². The molecule has 0 fully saturated rings. The van der Waals surface area contributed by atoms with E-state index in [0.29, 0.717) is 6.42 Å². The van der Waals surface area contributed by atoms with Crippen LogP contribution in [-0.4, -0.2) is 10.7 Å². The van der Waals surface area contributed by atoms with Crippen molar-refractivity contribution in [3.63, 3.8) is 0 Å². The summed E-state index contributed by atoms with van der Waals surface area (Å²) in [6.07, 6.45) is 9.33. The van der Waals surface area contributed by atoms with Gasteiger partial charge in [-0.2, -0.15) is 0 Å². The topological polar surface area (TPSA) is 20.2 Å². The molecule has 1 aliphatic carbocycles. The summed E-state index contributed by atoms with van der Waals surface area (Å²) >= 11 is 0. The molecule has 0 heterocycles. The van der Waals surface area contributed by atoms with Gasteiger partial charge in [-0.15, -0.1) is 6.42 Å². The number of hydrogen-bond acceptors (Lipinski definition) is 1. The molecule has 1 N–H and O–H groups in total. The third kappa shape index (κ3) is 2.11. The fraction of sp³-hybridized carbons (Fsp3) is 0.714. The van der Waals surface area contributed by atoms with Gasteiger partial charge in [-0.3, -0.25) is 0 Å². The number of allylic oxidation sites excluding steroid dienone is 1. The molecule has 0 amide bonds. The van der Waals surface area contributed by atoms with Gasteiger partial charge in [0, 0.05) is 0 Å². The first-order valence-electron chi connectivity index (χ1n) is 5.78. The Morgan fingerprint density at radius 2 is 2.13 bits per heavy atom. The molecule has 0 bridgehead atoms. The van der Waals surface area contributed by atoms with E-state index in [0.717, 1.165) is 18.4 Å². The summed E-state index contributed by atoms with van der Waals surface area (Å²) in [5, 5.41) is 10.4. The molecular weight excluding hydrogens is 184 g/mol. The Kier molecular flexibility index (Phi) is 3.31. The van der Waals surface area contributed by atoms with Gasteiger partial charge in [-0.1, -0.05) is 32.3 Å². The second kappa shape index (κ2) is 4.02. The molecule has 0 aliphatic heterocycles. The predicted octanol–water partition coefficient (Wildman–Crippen LogP) is 3.29. The molecule has 1 rings (SSSR count). The molecule has 0 radical (unpaired) electrons. The SMILES string of the molecule is C#CC(O)(CC)C1=C(C)C(C)(C)CCC1. The molecule has 0 aromatic rings. The number of hydrogen-bond donors (Lipinski definition) is 1. The summed E-state index contributed by atoms with van der Waals surface area (Å²) in [4.78, 5) is 0. The van der Waals surface area contributed by atoms with Crippen molar-refractivity contribution in [1.29, 1.82) is 0 Å². The van der Waals surface area contributed by atoms with Crippen LogP contribution < -0.4 is 0 Å². The molecule has 84 valence electrons. The van der Waals surface area contributed by atoms with E-state index >= 15 is 0 Å². The van der Waals surface area contributed by atoms with Crippen LogP contribution in [0.15, 0.2) is 11.1 Å². The number of terminal acetylenes is 1. The van der Waals surface area contributed by atoms with E-state index in [2.05, 4.69) is 26.7 Å². The highest BCUT2D eigenvalue weighted by atomic mass is 16.3. The number of rotatable bonds is 2. The van der Waals surface area contributed by atoms with E-state index < -0.39 is 5.60 Å².